The van der Waals surface area contributed by atoms with E-state index in [1.165, 1.54) is 5.56 Å². The molecule has 2 aliphatic heterocycles. The molecule has 8 nitrogen and oxygen atoms in total. The number of aliphatic imine (C=N–C) groups is 1. The van der Waals surface area contributed by atoms with Crippen LogP contribution in [0.4, 0.5) is 11.6 Å². The molecule has 0 radical (unpaired) electrons. The van der Waals surface area contributed by atoms with E-state index in [1.807, 2.05) is 37.6 Å². The summed E-state index contributed by atoms with van der Waals surface area (Å²) in [5.74, 6) is 3.02. The summed E-state index contributed by atoms with van der Waals surface area (Å²) in [4.78, 5) is 20.5. The van der Waals surface area contributed by atoms with Gasteiger partial charge in [-0.2, -0.15) is 0 Å². The van der Waals surface area contributed by atoms with Crippen LogP contribution in [0.25, 0.3) is 0 Å². The number of hydrogen-bond donors (Lipinski definition) is 1. The van der Waals surface area contributed by atoms with Gasteiger partial charge < -0.3 is 24.8 Å². The molecule has 29 heavy (non-hydrogen) atoms. The maximum atomic E-state index is 5.48. The lowest BCUT2D eigenvalue weighted by molar-refractivity contribution is 0.122. The second-order valence-corrected chi connectivity index (χ2v) is 7.15. The lowest BCUT2D eigenvalue weighted by Crippen LogP contribution is -2.52. The van der Waals surface area contributed by atoms with Gasteiger partial charge in [0.05, 0.1) is 13.2 Å². The summed E-state index contributed by atoms with van der Waals surface area (Å²) >= 11 is 0. The van der Waals surface area contributed by atoms with Crippen LogP contribution in [0.2, 0.25) is 0 Å². The van der Waals surface area contributed by atoms with Crippen molar-refractivity contribution in [1.82, 2.24) is 20.2 Å². The summed E-state index contributed by atoms with van der Waals surface area (Å²) in [7, 11) is 1.85. The van der Waals surface area contributed by atoms with E-state index in [0.29, 0.717) is 6.54 Å². The second-order valence-electron chi connectivity index (χ2n) is 7.15. The smallest absolute Gasteiger partial charge is 0.194 e. The molecule has 4 rings (SSSR count). The van der Waals surface area contributed by atoms with E-state index in [-0.39, 0.29) is 0 Å². The Hall–Kier alpha value is -2.87. The average molecular weight is 396 g/mol. The van der Waals surface area contributed by atoms with Crippen molar-refractivity contribution in [2.75, 3.05) is 69.3 Å². The summed E-state index contributed by atoms with van der Waals surface area (Å²) in [6, 6.07) is 10.2. The van der Waals surface area contributed by atoms with Gasteiger partial charge in [-0.15, -0.1) is 0 Å². The zero-order chi connectivity index (χ0) is 19.9. The predicted octanol–water partition coefficient (Wildman–Crippen LogP) is 1.21. The van der Waals surface area contributed by atoms with Crippen molar-refractivity contribution in [3.63, 3.8) is 0 Å². The quantitative estimate of drug-likeness (QED) is 0.616. The number of piperazine rings is 1. The van der Waals surface area contributed by atoms with Crippen LogP contribution >= 0.6 is 0 Å². The van der Waals surface area contributed by atoms with Gasteiger partial charge in [0, 0.05) is 70.8 Å². The molecule has 0 amide bonds. The molecule has 0 aromatic carbocycles. The highest BCUT2D eigenvalue weighted by atomic mass is 16.5. The van der Waals surface area contributed by atoms with Crippen molar-refractivity contribution >= 4 is 17.6 Å². The minimum atomic E-state index is 0.702. The van der Waals surface area contributed by atoms with Gasteiger partial charge in [0.2, 0.25) is 0 Å². The van der Waals surface area contributed by atoms with Crippen molar-refractivity contribution in [2.45, 2.75) is 6.54 Å². The van der Waals surface area contributed by atoms with E-state index in [2.05, 4.69) is 47.1 Å². The van der Waals surface area contributed by atoms with Crippen LogP contribution in [0.1, 0.15) is 5.56 Å². The highest BCUT2D eigenvalue weighted by Crippen LogP contribution is 2.18. The zero-order valence-electron chi connectivity index (χ0n) is 17.0. The third kappa shape index (κ3) is 4.76. The average Bonchev–Trinajstić information content (AvgIpc) is 2.81. The van der Waals surface area contributed by atoms with E-state index < -0.39 is 0 Å². The number of nitrogens with one attached hydrogen (secondary N) is 1. The molecule has 2 aromatic rings. The molecule has 1 N–H and O–H groups in total. The van der Waals surface area contributed by atoms with Gasteiger partial charge in [-0.1, -0.05) is 12.1 Å². The Kier molecular flexibility index (Phi) is 6.41. The van der Waals surface area contributed by atoms with Crippen LogP contribution in [-0.4, -0.2) is 80.4 Å². The lowest BCUT2D eigenvalue weighted by Gasteiger charge is -2.37. The standard InChI is InChI=1S/C21H29N7O/c1-22-21(28-11-9-26(10-12-28)19-6-2-3-7-23-19)25-17-18-5-4-8-24-20(18)27-13-15-29-16-14-27/h2-8H,9-17H2,1H3,(H,22,25). The first-order chi connectivity index (χ1) is 14.3. The van der Waals surface area contributed by atoms with E-state index in [0.717, 1.165) is 70.1 Å². The number of ether oxygens (including phenoxy) is 1. The third-order valence-electron chi connectivity index (χ3n) is 5.38. The second kappa shape index (κ2) is 9.56. The number of rotatable bonds is 4. The molecule has 0 unspecified atom stereocenters. The largest absolute Gasteiger partial charge is 0.378 e. The fourth-order valence-corrected chi connectivity index (χ4v) is 3.82. The molecule has 2 fully saturated rings. The van der Waals surface area contributed by atoms with Crippen molar-refractivity contribution in [1.29, 1.82) is 0 Å². The topological polar surface area (TPSA) is 69.1 Å². The van der Waals surface area contributed by atoms with E-state index in [1.54, 1.807) is 0 Å². The van der Waals surface area contributed by atoms with Gasteiger partial charge in [-0.25, -0.2) is 9.97 Å². The van der Waals surface area contributed by atoms with Crippen LogP contribution in [0.15, 0.2) is 47.7 Å². The van der Waals surface area contributed by atoms with Gasteiger partial charge in [0.25, 0.3) is 0 Å². The summed E-state index contributed by atoms with van der Waals surface area (Å²) < 4.78 is 5.48. The lowest BCUT2D eigenvalue weighted by atomic mass is 10.2. The molecule has 2 aromatic heterocycles. The Morgan fingerprint density at radius 1 is 0.966 bits per heavy atom. The van der Waals surface area contributed by atoms with Gasteiger partial charge in [0.1, 0.15) is 11.6 Å². The normalized spacial score (nSPS) is 18.1. The van der Waals surface area contributed by atoms with Crippen LogP contribution in [0.3, 0.4) is 0 Å². The monoisotopic (exact) mass is 395 g/mol. The number of pyridine rings is 2. The van der Waals surface area contributed by atoms with Crippen LogP contribution < -0.4 is 15.1 Å². The van der Waals surface area contributed by atoms with Crippen molar-refractivity contribution in [3.05, 3.63) is 48.3 Å². The molecule has 0 bridgehead atoms. The highest BCUT2D eigenvalue weighted by molar-refractivity contribution is 5.80. The minimum absolute atomic E-state index is 0.702. The van der Waals surface area contributed by atoms with Crippen molar-refractivity contribution in [2.24, 2.45) is 4.99 Å². The van der Waals surface area contributed by atoms with Gasteiger partial charge >= 0.3 is 0 Å². The summed E-state index contributed by atoms with van der Waals surface area (Å²) in [5.41, 5.74) is 1.18. The fraction of sp³-hybridized carbons (Fsp3) is 0.476. The molecule has 4 heterocycles. The van der Waals surface area contributed by atoms with Crippen molar-refractivity contribution < 1.29 is 4.74 Å². The zero-order valence-corrected chi connectivity index (χ0v) is 17.0. The third-order valence-corrected chi connectivity index (χ3v) is 5.38. The Balaban J connectivity index is 1.35. The summed E-state index contributed by atoms with van der Waals surface area (Å²) in [6.07, 6.45) is 3.71. The molecular formula is C21H29N7O. The molecule has 2 aliphatic rings. The predicted molar refractivity (Wildman–Crippen MR) is 115 cm³/mol. The number of morpholine rings is 1. The maximum Gasteiger partial charge on any atom is 0.194 e. The molecular weight excluding hydrogens is 366 g/mol. The van der Waals surface area contributed by atoms with Crippen LogP contribution in [0.5, 0.6) is 0 Å². The number of nitrogens with zero attached hydrogens (tertiary/aromatic N) is 6. The Bertz CT molecular complexity index is 800. The van der Waals surface area contributed by atoms with Gasteiger partial charge in [0.15, 0.2) is 5.96 Å². The molecule has 0 saturated carbocycles. The minimum Gasteiger partial charge on any atom is -0.378 e. The van der Waals surface area contributed by atoms with Crippen LogP contribution in [-0.2, 0) is 11.3 Å². The maximum absolute atomic E-state index is 5.48. The van der Waals surface area contributed by atoms with E-state index >= 15 is 0 Å². The number of aromatic nitrogens is 2. The summed E-state index contributed by atoms with van der Waals surface area (Å²) in [6.45, 7) is 7.68. The first kappa shape index (κ1) is 19.4. The van der Waals surface area contributed by atoms with Gasteiger partial charge in [-0.05, 0) is 18.2 Å². The number of guanidine groups is 1. The van der Waals surface area contributed by atoms with Crippen LogP contribution in [0, 0.1) is 0 Å². The van der Waals surface area contributed by atoms with Crippen molar-refractivity contribution in [3.8, 4) is 0 Å². The Labute approximate surface area is 172 Å². The van der Waals surface area contributed by atoms with E-state index in [9.17, 15) is 0 Å². The fourth-order valence-electron chi connectivity index (χ4n) is 3.82. The van der Waals surface area contributed by atoms with E-state index in [4.69, 9.17) is 4.74 Å². The highest BCUT2D eigenvalue weighted by Gasteiger charge is 2.21. The Morgan fingerprint density at radius 2 is 1.76 bits per heavy atom. The molecule has 0 spiro atoms. The summed E-state index contributed by atoms with van der Waals surface area (Å²) in [5, 5.41) is 3.53. The molecule has 0 atom stereocenters. The first-order valence-corrected chi connectivity index (χ1v) is 10.2. The SMILES string of the molecule is CN=C(NCc1cccnc1N1CCOCC1)N1CCN(c2ccccn2)CC1. The first-order valence-electron chi connectivity index (χ1n) is 10.2. The molecule has 8 heteroatoms. The molecule has 0 aliphatic carbocycles. The molecule has 154 valence electrons. The van der Waals surface area contributed by atoms with Gasteiger partial charge in [-0.3, -0.25) is 4.99 Å². The number of anilines is 2. The molecule has 2 saturated heterocycles. The number of hydrogen-bond acceptors (Lipinski definition) is 6. The Morgan fingerprint density at radius 3 is 2.48 bits per heavy atom.